The van der Waals surface area contributed by atoms with Crippen molar-refractivity contribution in [2.75, 3.05) is 5.32 Å². The Morgan fingerprint density at radius 2 is 1.48 bits per heavy atom. The lowest BCUT2D eigenvalue weighted by atomic mass is 10.1. The highest BCUT2D eigenvalue weighted by molar-refractivity contribution is 6.30. The first kappa shape index (κ1) is 18.4. The fourth-order valence-electron chi connectivity index (χ4n) is 1.60. The number of hydrogen-bond donors (Lipinski definition) is 2. The minimum absolute atomic E-state index is 0.295. The number of carbonyl (C=O) groups excluding carboxylic acids is 3. The molecule has 0 spiro atoms. The van der Waals surface area contributed by atoms with Crippen molar-refractivity contribution in [2.24, 2.45) is 0 Å². The molecular weight excluding hydrogens is 330 g/mol. The van der Waals surface area contributed by atoms with Gasteiger partial charge in [-0.1, -0.05) is 11.6 Å². The maximum atomic E-state index is 12.2. The zero-order chi connectivity index (χ0) is 17.6. The molecule has 0 radical (unpaired) electrons. The summed E-state index contributed by atoms with van der Waals surface area (Å²) in [6, 6.07) is 5.93. The Balaban J connectivity index is 3.00. The van der Waals surface area contributed by atoms with Crippen molar-refractivity contribution < 1.29 is 33.8 Å². The van der Waals surface area contributed by atoms with E-state index in [0.29, 0.717) is 10.7 Å². The summed E-state index contributed by atoms with van der Waals surface area (Å²) in [5.41, 5.74) is 0.295. The molecule has 0 aliphatic rings. The average molecular weight is 344 g/mol. The number of carboxylic acids is 1. The quantitative estimate of drug-likeness (QED) is 0.745. The number of benzene rings is 1. The van der Waals surface area contributed by atoms with Crippen LogP contribution in [0.2, 0.25) is 5.02 Å². The van der Waals surface area contributed by atoms with E-state index in [1.807, 2.05) is 0 Å². The van der Waals surface area contributed by atoms with E-state index in [1.165, 1.54) is 24.3 Å². The van der Waals surface area contributed by atoms with Crippen LogP contribution in [-0.4, -0.2) is 41.1 Å². The molecule has 0 aliphatic carbocycles. The molecule has 0 aliphatic heterocycles. The standard InChI is InChI=1S/C14H14ClNO7/c1-7(17)22-11(12(14(20)21)23-8(2)18)13(19)16-10-5-3-9(15)4-6-10/h3-6,11-12H,1-2H3,(H,16,19)(H,20,21)/t11-,12+/m0/s1. The molecule has 0 saturated carbocycles. The van der Waals surface area contributed by atoms with Gasteiger partial charge in [0.25, 0.3) is 5.91 Å². The molecule has 0 saturated heterocycles. The summed E-state index contributed by atoms with van der Waals surface area (Å²) < 4.78 is 9.25. The van der Waals surface area contributed by atoms with Crippen LogP contribution in [0, 0.1) is 0 Å². The Hall–Kier alpha value is -2.61. The van der Waals surface area contributed by atoms with Crippen molar-refractivity contribution in [2.45, 2.75) is 26.1 Å². The van der Waals surface area contributed by atoms with E-state index < -0.39 is 36.0 Å². The molecule has 9 heteroatoms. The molecule has 0 aromatic heterocycles. The first-order valence-electron chi connectivity index (χ1n) is 6.34. The highest BCUT2D eigenvalue weighted by atomic mass is 35.5. The largest absolute Gasteiger partial charge is 0.478 e. The second-order valence-electron chi connectivity index (χ2n) is 4.39. The van der Waals surface area contributed by atoms with Gasteiger partial charge in [0.15, 0.2) is 0 Å². The van der Waals surface area contributed by atoms with E-state index in [9.17, 15) is 19.2 Å². The molecule has 1 aromatic rings. The number of carbonyl (C=O) groups is 4. The summed E-state index contributed by atoms with van der Waals surface area (Å²) in [4.78, 5) is 45.5. The molecule has 1 aromatic carbocycles. The predicted octanol–water partition coefficient (Wildman–Crippen LogP) is 1.23. The molecule has 0 unspecified atom stereocenters. The van der Waals surface area contributed by atoms with Gasteiger partial charge in [0.2, 0.25) is 12.2 Å². The predicted molar refractivity (Wildman–Crippen MR) is 78.8 cm³/mol. The third-order valence-corrected chi connectivity index (χ3v) is 2.73. The van der Waals surface area contributed by atoms with Crippen molar-refractivity contribution in [1.29, 1.82) is 0 Å². The summed E-state index contributed by atoms with van der Waals surface area (Å²) in [5, 5.41) is 11.9. The van der Waals surface area contributed by atoms with E-state index in [2.05, 4.69) is 10.1 Å². The number of carboxylic acid groups (broad SMARTS) is 1. The molecular formula is C14H14ClNO7. The summed E-state index contributed by atoms with van der Waals surface area (Å²) in [6.07, 6.45) is -3.81. The number of aliphatic carboxylic acids is 1. The van der Waals surface area contributed by atoms with E-state index in [0.717, 1.165) is 13.8 Å². The van der Waals surface area contributed by atoms with Crippen LogP contribution in [0.5, 0.6) is 0 Å². The van der Waals surface area contributed by atoms with Crippen molar-refractivity contribution >= 4 is 41.1 Å². The summed E-state index contributed by atoms with van der Waals surface area (Å²) in [7, 11) is 0. The highest BCUT2D eigenvalue weighted by Gasteiger charge is 2.39. The van der Waals surface area contributed by atoms with Gasteiger partial charge in [0.05, 0.1) is 0 Å². The molecule has 2 N–H and O–H groups in total. The first-order valence-corrected chi connectivity index (χ1v) is 6.72. The molecule has 0 bridgehead atoms. The lowest BCUT2D eigenvalue weighted by Crippen LogP contribution is -2.47. The Morgan fingerprint density at radius 1 is 1.00 bits per heavy atom. The third kappa shape index (κ3) is 5.95. The minimum Gasteiger partial charge on any atom is -0.478 e. The molecule has 23 heavy (non-hydrogen) atoms. The van der Waals surface area contributed by atoms with E-state index in [-0.39, 0.29) is 0 Å². The van der Waals surface area contributed by atoms with Crippen molar-refractivity contribution in [3.8, 4) is 0 Å². The fourth-order valence-corrected chi connectivity index (χ4v) is 1.72. The second-order valence-corrected chi connectivity index (χ2v) is 4.83. The Kier molecular flexibility index (Phi) is 6.52. The van der Waals surface area contributed by atoms with Crippen LogP contribution in [-0.2, 0) is 28.7 Å². The monoisotopic (exact) mass is 343 g/mol. The van der Waals surface area contributed by atoms with Gasteiger partial charge < -0.3 is 19.9 Å². The maximum absolute atomic E-state index is 12.2. The SMILES string of the molecule is CC(=O)O[C@H](C(=O)Nc1ccc(Cl)cc1)[C@@H](OC(C)=O)C(=O)O. The molecule has 124 valence electrons. The molecule has 2 atom stereocenters. The van der Waals surface area contributed by atoms with Crippen molar-refractivity contribution in [1.82, 2.24) is 0 Å². The van der Waals surface area contributed by atoms with Crippen molar-refractivity contribution in [3.05, 3.63) is 29.3 Å². The number of ether oxygens (including phenoxy) is 2. The van der Waals surface area contributed by atoms with Gasteiger partial charge in [-0.2, -0.15) is 0 Å². The summed E-state index contributed by atoms with van der Waals surface area (Å²) in [6.45, 7) is 1.97. The number of nitrogens with one attached hydrogen (secondary N) is 1. The van der Waals surface area contributed by atoms with Crippen LogP contribution < -0.4 is 5.32 Å². The second kappa shape index (κ2) is 8.14. The first-order chi connectivity index (χ1) is 10.7. The highest BCUT2D eigenvalue weighted by Crippen LogP contribution is 2.15. The van der Waals surface area contributed by atoms with E-state index in [1.54, 1.807) is 0 Å². The number of anilines is 1. The Bertz CT molecular complexity index is 614. The molecule has 0 heterocycles. The lowest BCUT2D eigenvalue weighted by Gasteiger charge is -2.22. The van der Waals surface area contributed by atoms with Gasteiger partial charge in [0.1, 0.15) is 0 Å². The van der Waals surface area contributed by atoms with Crippen LogP contribution in [0.4, 0.5) is 5.69 Å². The molecule has 1 amide bonds. The van der Waals surface area contributed by atoms with Gasteiger partial charge in [0, 0.05) is 24.6 Å². The van der Waals surface area contributed by atoms with E-state index >= 15 is 0 Å². The topological polar surface area (TPSA) is 119 Å². The van der Waals surface area contributed by atoms with Gasteiger partial charge in [-0.3, -0.25) is 14.4 Å². The Morgan fingerprint density at radius 3 is 1.91 bits per heavy atom. The number of esters is 2. The lowest BCUT2D eigenvalue weighted by molar-refractivity contribution is -0.179. The van der Waals surface area contributed by atoms with Gasteiger partial charge >= 0.3 is 17.9 Å². The van der Waals surface area contributed by atoms with Crippen LogP contribution >= 0.6 is 11.6 Å². The normalized spacial score (nSPS) is 12.7. The minimum atomic E-state index is -1.97. The van der Waals surface area contributed by atoms with E-state index in [4.69, 9.17) is 21.4 Å². The van der Waals surface area contributed by atoms with Crippen LogP contribution in [0.15, 0.2) is 24.3 Å². The molecule has 1 rings (SSSR count). The number of halogens is 1. The number of hydrogen-bond acceptors (Lipinski definition) is 6. The maximum Gasteiger partial charge on any atom is 0.349 e. The summed E-state index contributed by atoms with van der Waals surface area (Å²) in [5.74, 6) is -4.43. The Labute approximate surface area is 136 Å². The average Bonchev–Trinajstić information content (AvgIpc) is 2.44. The molecule has 0 fully saturated rings. The van der Waals surface area contributed by atoms with Crippen LogP contribution in [0.1, 0.15) is 13.8 Å². The number of amides is 1. The van der Waals surface area contributed by atoms with Crippen molar-refractivity contribution in [3.63, 3.8) is 0 Å². The van der Waals surface area contributed by atoms with Gasteiger partial charge in [-0.05, 0) is 24.3 Å². The summed E-state index contributed by atoms with van der Waals surface area (Å²) >= 11 is 5.71. The van der Waals surface area contributed by atoms with Gasteiger partial charge in [-0.25, -0.2) is 4.79 Å². The van der Waals surface area contributed by atoms with Crippen LogP contribution in [0.3, 0.4) is 0 Å². The fraction of sp³-hybridized carbons (Fsp3) is 0.286. The zero-order valence-electron chi connectivity index (χ0n) is 12.2. The smallest absolute Gasteiger partial charge is 0.349 e. The van der Waals surface area contributed by atoms with Crippen LogP contribution in [0.25, 0.3) is 0 Å². The number of rotatable bonds is 6. The zero-order valence-corrected chi connectivity index (χ0v) is 13.0. The molecule has 8 nitrogen and oxygen atoms in total. The van der Waals surface area contributed by atoms with Gasteiger partial charge in [-0.15, -0.1) is 0 Å². The third-order valence-electron chi connectivity index (χ3n) is 2.47.